The Hall–Kier alpha value is -2.31. The Morgan fingerprint density at radius 3 is 2.62 bits per heavy atom. The maximum absolute atomic E-state index is 12.6. The topological polar surface area (TPSA) is 76.7 Å². The third-order valence-electron chi connectivity index (χ3n) is 5.23. The van der Waals surface area contributed by atoms with Crippen LogP contribution in [-0.4, -0.2) is 17.2 Å². The molecule has 0 aliphatic heterocycles. The Labute approximate surface area is 180 Å². The van der Waals surface area contributed by atoms with Crippen molar-refractivity contribution in [2.24, 2.45) is 5.92 Å². The summed E-state index contributed by atoms with van der Waals surface area (Å²) in [5.41, 5.74) is 0.805. The van der Waals surface area contributed by atoms with Crippen molar-refractivity contribution in [3.8, 4) is 17.1 Å². The molecule has 5 nitrogen and oxygen atoms in total. The molecule has 0 unspecified atom stereocenters. The van der Waals surface area contributed by atoms with E-state index in [-0.39, 0.29) is 17.5 Å². The summed E-state index contributed by atoms with van der Waals surface area (Å²) < 4.78 is 13.0. The number of ether oxygens (including phenoxy) is 1. The van der Waals surface area contributed by atoms with E-state index in [9.17, 15) is 14.7 Å². The molecule has 0 radical (unpaired) electrons. The molecule has 0 bridgehead atoms. The average molecular weight is 478 g/mol. The lowest BCUT2D eigenvalue weighted by Gasteiger charge is -2.27. The molecule has 4 rings (SSSR count). The van der Waals surface area contributed by atoms with Crippen LogP contribution in [0.4, 0.5) is 0 Å². The monoisotopic (exact) mass is 476 g/mol. The first-order valence-corrected chi connectivity index (χ1v) is 10.5. The Kier molecular flexibility index (Phi) is 5.65. The zero-order valence-corrected chi connectivity index (χ0v) is 17.7. The molecule has 0 saturated heterocycles. The Balaban J connectivity index is 1.69. The molecule has 29 heavy (non-hydrogen) atoms. The second-order valence-corrected chi connectivity index (χ2v) is 8.48. The van der Waals surface area contributed by atoms with Gasteiger partial charge in [0.15, 0.2) is 11.0 Å². The molecule has 1 N–H and O–H groups in total. The van der Waals surface area contributed by atoms with Crippen LogP contribution >= 0.6 is 27.5 Å². The number of benzene rings is 2. The molecule has 1 aliphatic rings. The highest BCUT2D eigenvalue weighted by Gasteiger charge is 2.27. The SMILES string of the molecule is O=C(O)C1CCC(Oc2cc(Br)ccc2-c2cc(=O)c3cccc(Cl)c3o2)CC1. The van der Waals surface area contributed by atoms with Crippen molar-refractivity contribution in [3.63, 3.8) is 0 Å². The Morgan fingerprint density at radius 2 is 1.90 bits per heavy atom. The summed E-state index contributed by atoms with van der Waals surface area (Å²) in [5, 5.41) is 9.97. The highest BCUT2D eigenvalue weighted by atomic mass is 79.9. The predicted molar refractivity (Wildman–Crippen MR) is 115 cm³/mol. The summed E-state index contributed by atoms with van der Waals surface area (Å²) in [4.78, 5) is 23.7. The van der Waals surface area contributed by atoms with Crippen LogP contribution in [0.5, 0.6) is 5.75 Å². The standard InChI is InChI=1S/C22H18BrClO5/c23-13-6-9-16(19(10-13)28-14-7-4-12(5-8-14)22(26)27)20-11-18(25)15-2-1-3-17(24)21(15)29-20/h1-3,6,9-12,14H,4-5,7-8H2,(H,26,27). The van der Waals surface area contributed by atoms with Crippen LogP contribution in [0.25, 0.3) is 22.3 Å². The van der Waals surface area contributed by atoms with E-state index >= 15 is 0 Å². The highest BCUT2D eigenvalue weighted by Crippen LogP contribution is 2.37. The first kappa shape index (κ1) is 20.0. The maximum Gasteiger partial charge on any atom is 0.306 e. The van der Waals surface area contributed by atoms with Gasteiger partial charge in [-0.2, -0.15) is 0 Å². The number of rotatable bonds is 4. The number of aliphatic carboxylic acids is 1. The first-order chi connectivity index (χ1) is 13.9. The van der Waals surface area contributed by atoms with Gasteiger partial charge in [-0.1, -0.05) is 33.6 Å². The lowest BCUT2D eigenvalue weighted by Crippen LogP contribution is -2.28. The molecule has 1 saturated carbocycles. The van der Waals surface area contributed by atoms with Gasteiger partial charge in [-0.3, -0.25) is 9.59 Å². The first-order valence-electron chi connectivity index (χ1n) is 9.34. The van der Waals surface area contributed by atoms with Crippen LogP contribution in [0, 0.1) is 5.92 Å². The van der Waals surface area contributed by atoms with Crippen LogP contribution in [0.15, 0.2) is 56.1 Å². The number of para-hydroxylation sites is 1. The van der Waals surface area contributed by atoms with Crippen molar-refractivity contribution < 1.29 is 19.1 Å². The summed E-state index contributed by atoms with van der Waals surface area (Å²) in [6.45, 7) is 0. The Morgan fingerprint density at radius 1 is 1.14 bits per heavy atom. The molecule has 1 fully saturated rings. The van der Waals surface area contributed by atoms with Crippen molar-refractivity contribution in [3.05, 3.63) is 62.2 Å². The maximum atomic E-state index is 12.6. The van der Waals surface area contributed by atoms with E-state index in [0.29, 0.717) is 58.7 Å². The van der Waals surface area contributed by atoms with E-state index in [2.05, 4.69) is 15.9 Å². The fourth-order valence-corrected chi connectivity index (χ4v) is 4.23. The van der Waals surface area contributed by atoms with Crippen LogP contribution < -0.4 is 10.2 Å². The molecular formula is C22H18BrClO5. The predicted octanol–water partition coefficient (Wildman–Crippen LogP) is 5.90. The third-order valence-corrected chi connectivity index (χ3v) is 6.02. The molecule has 150 valence electrons. The van der Waals surface area contributed by atoms with Crippen molar-refractivity contribution in [2.45, 2.75) is 31.8 Å². The quantitative estimate of drug-likeness (QED) is 0.506. The van der Waals surface area contributed by atoms with E-state index in [4.69, 9.17) is 20.8 Å². The van der Waals surface area contributed by atoms with Gasteiger partial charge in [-0.05, 0) is 56.0 Å². The van der Waals surface area contributed by atoms with Gasteiger partial charge in [0.1, 0.15) is 11.5 Å². The number of carbonyl (C=O) groups is 1. The summed E-state index contributed by atoms with van der Waals surface area (Å²) in [5.74, 6) is -0.107. The fourth-order valence-electron chi connectivity index (χ4n) is 3.68. The van der Waals surface area contributed by atoms with Crippen molar-refractivity contribution >= 4 is 44.5 Å². The van der Waals surface area contributed by atoms with Crippen LogP contribution in [0.1, 0.15) is 25.7 Å². The molecule has 0 atom stereocenters. The second kappa shape index (κ2) is 8.20. The van der Waals surface area contributed by atoms with E-state index in [1.807, 2.05) is 18.2 Å². The minimum absolute atomic E-state index is 0.0885. The number of hydrogen-bond acceptors (Lipinski definition) is 4. The lowest BCUT2D eigenvalue weighted by atomic mass is 9.87. The molecule has 1 aromatic heterocycles. The summed E-state index contributed by atoms with van der Waals surface area (Å²) in [6, 6.07) is 12.0. The molecule has 3 aromatic rings. The van der Waals surface area contributed by atoms with Crippen LogP contribution in [-0.2, 0) is 4.79 Å². The molecule has 1 aliphatic carbocycles. The van der Waals surface area contributed by atoms with Gasteiger partial charge in [-0.15, -0.1) is 0 Å². The molecule has 0 spiro atoms. The van der Waals surface area contributed by atoms with Gasteiger partial charge in [0.25, 0.3) is 0 Å². The second-order valence-electron chi connectivity index (χ2n) is 7.16. The Bertz CT molecular complexity index is 1130. The van der Waals surface area contributed by atoms with Crippen LogP contribution in [0.3, 0.4) is 0 Å². The number of hydrogen-bond donors (Lipinski definition) is 1. The van der Waals surface area contributed by atoms with Gasteiger partial charge in [0.05, 0.1) is 28.0 Å². The number of fused-ring (bicyclic) bond motifs is 1. The van der Waals surface area contributed by atoms with Crippen molar-refractivity contribution in [1.82, 2.24) is 0 Å². The van der Waals surface area contributed by atoms with Gasteiger partial charge in [-0.25, -0.2) is 0 Å². The number of halogens is 2. The number of carboxylic acids is 1. The normalized spacial score (nSPS) is 19.2. The highest BCUT2D eigenvalue weighted by molar-refractivity contribution is 9.10. The minimum atomic E-state index is -0.749. The molecule has 2 aromatic carbocycles. The van der Waals surface area contributed by atoms with E-state index < -0.39 is 5.97 Å². The summed E-state index contributed by atoms with van der Waals surface area (Å²) >= 11 is 9.69. The minimum Gasteiger partial charge on any atom is -0.490 e. The largest absolute Gasteiger partial charge is 0.490 e. The third kappa shape index (κ3) is 4.19. The zero-order chi connectivity index (χ0) is 20.5. The van der Waals surface area contributed by atoms with Gasteiger partial charge in [0.2, 0.25) is 0 Å². The van der Waals surface area contributed by atoms with Gasteiger partial charge in [0, 0.05) is 10.5 Å². The van der Waals surface area contributed by atoms with Crippen molar-refractivity contribution in [1.29, 1.82) is 0 Å². The van der Waals surface area contributed by atoms with E-state index in [1.54, 1.807) is 18.2 Å². The average Bonchev–Trinajstić information content (AvgIpc) is 2.69. The van der Waals surface area contributed by atoms with Crippen LogP contribution in [0.2, 0.25) is 5.02 Å². The lowest BCUT2D eigenvalue weighted by molar-refractivity contribution is -0.143. The molecular weight excluding hydrogens is 460 g/mol. The van der Waals surface area contributed by atoms with Gasteiger partial charge < -0.3 is 14.3 Å². The molecule has 0 amide bonds. The summed E-state index contributed by atoms with van der Waals surface area (Å²) in [6.07, 6.45) is 2.41. The van der Waals surface area contributed by atoms with E-state index in [0.717, 1.165) is 4.47 Å². The van der Waals surface area contributed by atoms with E-state index in [1.165, 1.54) is 6.07 Å². The summed E-state index contributed by atoms with van der Waals surface area (Å²) in [7, 11) is 0. The smallest absolute Gasteiger partial charge is 0.306 e. The number of carboxylic acid groups (broad SMARTS) is 1. The molecule has 7 heteroatoms. The van der Waals surface area contributed by atoms with Gasteiger partial charge >= 0.3 is 5.97 Å². The zero-order valence-electron chi connectivity index (χ0n) is 15.4. The molecule has 1 heterocycles. The fraction of sp³-hybridized carbons (Fsp3) is 0.273. The van der Waals surface area contributed by atoms with Crippen molar-refractivity contribution in [2.75, 3.05) is 0 Å².